The van der Waals surface area contributed by atoms with Crippen molar-refractivity contribution in [3.8, 4) is 0 Å². The number of rotatable bonds is 14. The largest absolute Gasteiger partial charge is 0.467 e. The summed E-state index contributed by atoms with van der Waals surface area (Å²) in [5, 5.41) is 23.7. The van der Waals surface area contributed by atoms with Crippen molar-refractivity contribution >= 4 is 34.6 Å². The van der Waals surface area contributed by atoms with E-state index in [0.29, 0.717) is 25.1 Å². The van der Waals surface area contributed by atoms with Crippen molar-refractivity contribution in [2.24, 2.45) is 11.8 Å². The number of hydrogen-bond acceptors (Lipinski definition) is 8. The van der Waals surface area contributed by atoms with E-state index >= 15 is 0 Å². The van der Waals surface area contributed by atoms with E-state index in [1.807, 2.05) is 30.5 Å². The number of carbonyl (C=O) groups is 4. The van der Waals surface area contributed by atoms with E-state index in [0.717, 1.165) is 48.6 Å². The molecule has 0 aliphatic heterocycles. The normalized spacial score (nSPS) is 15.1. The maximum absolute atomic E-state index is 12.9. The second-order valence-corrected chi connectivity index (χ2v) is 10.7. The molecule has 42 heavy (non-hydrogen) atoms. The van der Waals surface area contributed by atoms with Crippen LogP contribution in [0, 0.1) is 11.8 Å². The summed E-state index contributed by atoms with van der Waals surface area (Å²) < 4.78 is 6.51. The molecular weight excluding hydrogens is 542 g/mol. The fourth-order valence-electron chi connectivity index (χ4n) is 5.62. The summed E-state index contributed by atoms with van der Waals surface area (Å²) in [7, 11) is 1.30. The van der Waals surface area contributed by atoms with Gasteiger partial charge in [0.25, 0.3) is 0 Å². The van der Waals surface area contributed by atoms with E-state index in [4.69, 9.17) is 9.94 Å². The average molecular weight is 582 g/mol. The molecule has 13 heteroatoms. The Labute approximate surface area is 243 Å². The summed E-state index contributed by atoms with van der Waals surface area (Å²) in [5.41, 5.74) is 4.04. The minimum Gasteiger partial charge on any atom is -0.467 e. The molecule has 1 fully saturated rings. The lowest BCUT2D eigenvalue weighted by molar-refractivity contribution is -0.145. The molecule has 1 aromatic carbocycles. The van der Waals surface area contributed by atoms with Crippen molar-refractivity contribution in [3.63, 3.8) is 0 Å². The second-order valence-electron chi connectivity index (χ2n) is 10.7. The summed E-state index contributed by atoms with van der Waals surface area (Å²) in [5.74, 6) is -2.04. The number of esters is 1. The van der Waals surface area contributed by atoms with E-state index in [1.54, 1.807) is 16.4 Å². The number of carbonyl (C=O) groups excluding carboxylic acids is 4. The van der Waals surface area contributed by atoms with Gasteiger partial charge in [0.1, 0.15) is 11.7 Å². The van der Waals surface area contributed by atoms with Gasteiger partial charge in [0.05, 0.1) is 19.9 Å². The number of ether oxygens (including phenoxy) is 1. The molecular formula is C29H39N7O6. The zero-order valence-electron chi connectivity index (χ0n) is 23.8. The minimum atomic E-state index is -0.816. The van der Waals surface area contributed by atoms with Crippen LogP contribution in [0.25, 0.3) is 10.9 Å². The van der Waals surface area contributed by atoms with Gasteiger partial charge in [0, 0.05) is 48.8 Å². The molecule has 0 bridgehead atoms. The van der Waals surface area contributed by atoms with Crippen LogP contribution < -0.4 is 16.1 Å². The van der Waals surface area contributed by atoms with Gasteiger partial charge in [-0.2, -0.15) is 0 Å². The number of aromatic nitrogens is 4. The predicted octanol–water partition coefficient (Wildman–Crippen LogP) is 2.15. The van der Waals surface area contributed by atoms with Gasteiger partial charge < -0.3 is 20.4 Å². The summed E-state index contributed by atoms with van der Waals surface area (Å²) in [6.07, 6.45) is 9.32. The Kier molecular flexibility index (Phi) is 11.0. The molecule has 226 valence electrons. The maximum Gasteiger partial charge on any atom is 0.328 e. The first-order valence-corrected chi connectivity index (χ1v) is 14.4. The van der Waals surface area contributed by atoms with Gasteiger partial charge >= 0.3 is 5.97 Å². The van der Waals surface area contributed by atoms with Crippen LogP contribution in [0.5, 0.6) is 0 Å². The number of methoxy groups -OCH3 is 1. The van der Waals surface area contributed by atoms with Crippen LogP contribution in [-0.2, 0) is 43.4 Å². The molecule has 1 aliphatic carbocycles. The minimum absolute atomic E-state index is 0.0691. The van der Waals surface area contributed by atoms with E-state index < -0.39 is 23.8 Å². The van der Waals surface area contributed by atoms with Crippen LogP contribution in [0.1, 0.15) is 62.6 Å². The van der Waals surface area contributed by atoms with Crippen LogP contribution in [0.3, 0.4) is 0 Å². The van der Waals surface area contributed by atoms with Crippen molar-refractivity contribution < 1.29 is 29.1 Å². The molecule has 2 atom stereocenters. The van der Waals surface area contributed by atoms with Crippen molar-refractivity contribution in [2.45, 2.75) is 76.9 Å². The summed E-state index contributed by atoms with van der Waals surface area (Å²) in [6.45, 7) is 0.568. The topological polar surface area (TPSA) is 180 Å². The fraction of sp³-hybridized carbons (Fsp3) is 0.517. The van der Waals surface area contributed by atoms with Crippen molar-refractivity contribution in [3.05, 3.63) is 47.9 Å². The Morgan fingerprint density at radius 3 is 2.69 bits per heavy atom. The summed E-state index contributed by atoms with van der Waals surface area (Å²) >= 11 is 0. The second kappa shape index (κ2) is 15.1. The molecule has 3 amide bonds. The molecule has 4 rings (SSSR count). The number of hydrogen-bond donors (Lipinski definition) is 5. The predicted molar refractivity (Wildman–Crippen MR) is 152 cm³/mol. The lowest BCUT2D eigenvalue weighted by Crippen LogP contribution is -2.43. The average Bonchev–Trinajstić information content (AvgIpc) is 3.65. The molecule has 13 nitrogen and oxygen atoms in total. The zero-order chi connectivity index (χ0) is 29.9. The highest BCUT2D eigenvalue weighted by Gasteiger charge is 2.31. The maximum atomic E-state index is 12.9. The van der Waals surface area contributed by atoms with Crippen LogP contribution in [0.15, 0.2) is 36.7 Å². The number of benzene rings is 1. The van der Waals surface area contributed by atoms with Gasteiger partial charge in [0.2, 0.25) is 17.7 Å². The zero-order valence-corrected chi connectivity index (χ0v) is 23.8. The molecule has 1 unspecified atom stereocenters. The smallest absolute Gasteiger partial charge is 0.328 e. The first kappa shape index (κ1) is 30.7. The quantitative estimate of drug-likeness (QED) is 0.109. The number of hydroxylamine groups is 1. The van der Waals surface area contributed by atoms with Gasteiger partial charge in [-0.05, 0) is 36.8 Å². The molecule has 0 spiro atoms. The molecule has 5 N–H and O–H groups in total. The SMILES string of the molecule is COC(=O)[C@H](Cc1c[nH]c2ccccc12)NC(=O)CCCn1cc(CNC(=O)C(CC(=O)NO)C2CCCCC2)nn1. The van der Waals surface area contributed by atoms with Crippen molar-refractivity contribution in [1.29, 1.82) is 0 Å². The highest BCUT2D eigenvalue weighted by atomic mass is 16.5. The number of para-hydroxylation sites is 1. The fourth-order valence-corrected chi connectivity index (χ4v) is 5.62. The Hall–Kier alpha value is -4.26. The number of fused-ring (bicyclic) bond motifs is 1. The lowest BCUT2D eigenvalue weighted by atomic mass is 9.78. The van der Waals surface area contributed by atoms with E-state index in [2.05, 4.69) is 25.9 Å². The number of nitrogens with one attached hydrogen (secondary N) is 4. The van der Waals surface area contributed by atoms with E-state index in [-0.39, 0.29) is 37.1 Å². The molecule has 2 heterocycles. The summed E-state index contributed by atoms with van der Waals surface area (Å²) in [4.78, 5) is 53.0. The van der Waals surface area contributed by atoms with Crippen LogP contribution in [-0.4, -0.2) is 62.0 Å². The van der Waals surface area contributed by atoms with Gasteiger partial charge in [-0.3, -0.25) is 24.3 Å². The van der Waals surface area contributed by atoms with Gasteiger partial charge in [0.15, 0.2) is 0 Å². The Bertz CT molecular complexity index is 1360. The summed E-state index contributed by atoms with van der Waals surface area (Å²) in [6, 6.07) is 6.93. The standard InChI is InChI=1S/C29H39N7O6/c1-42-29(40)25(14-20-16-30-24-11-6-5-10-22(20)24)32-26(37)12-7-13-36-18-21(33-35-36)17-31-28(39)23(15-27(38)34-41)19-8-3-2-4-9-19/h5-6,10-11,16,18-19,23,25,30,41H,2-4,7-9,12-15,17H2,1H3,(H,31,39)(H,32,37)(H,34,38)/t23?,25-/m0/s1. The molecule has 0 saturated heterocycles. The lowest BCUT2D eigenvalue weighted by Gasteiger charge is -2.28. The van der Waals surface area contributed by atoms with Crippen molar-refractivity contribution in [2.75, 3.05) is 7.11 Å². The third kappa shape index (κ3) is 8.38. The third-order valence-electron chi connectivity index (χ3n) is 7.83. The van der Waals surface area contributed by atoms with Gasteiger partial charge in [-0.25, -0.2) is 10.3 Å². The van der Waals surface area contributed by atoms with Gasteiger partial charge in [-0.1, -0.05) is 42.7 Å². The van der Waals surface area contributed by atoms with Crippen LogP contribution in [0.2, 0.25) is 0 Å². The Morgan fingerprint density at radius 1 is 1.14 bits per heavy atom. The van der Waals surface area contributed by atoms with Crippen LogP contribution in [0.4, 0.5) is 0 Å². The van der Waals surface area contributed by atoms with Crippen LogP contribution >= 0.6 is 0 Å². The van der Waals surface area contributed by atoms with Gasteiger partial charge in [-0.15, -0.1) is 5.10 Å². The number of aromatic amines is 1. The Balaban J connectivity index is 1.24. The molecule has 1 aliphatic rings. The van der Waals surface area contributed by atoms with E-state index in [9.17, 15) is 19.2 Å². The first-order chi connectivity index (χ1) is 20.4. The van der Waals surface area contributed by atoms with Crippen molar-refractivity contribution in [1.82, 2.24) is 36.1 Å². The number of nitrogens with zero attached hydrogens (tertiary/aromatic N) is 3. The molecule has 2 aromatic heterocycles. The molecule has 0 radical (unpaired) electrons. The highest BCUT2D eigenvalue weighted by Crippen LogP contribution is 2.32. The number of H-pyrrole nitrogens is 1. The monoisotopic (exact) mass is 581 g/mol. The molecule has 3 aromatic rings. The first-order valence-electron chi connectivity index (χ1n) is 14.4. The number of amides is 3. The number of aryl methyl sites for hydroxylation is 1. The Morgan fingerprint density at radius 2 is 1.93 bits per heavy atom. The molecule has 1 saturated carbocycles. The van der Waals surface area contributed by atoms with E-state index in [1.165, 1.54) is 7.11 Å². The third-order valence-corrected chi connectivity index (χ3v) is 7.83. The highest BCUT2D eigenvalue weighted by molar-refractivity contribution is 5.87.